The molecule has 0 atom stereocenters. The maximum Gasteiger partial charge on any atom is 0.263 e. The molecule has 4 rings (SSSR count). The van der Waals surface area contributed by atoms with E-state index in [1.54, 1.807) is 30.6 Å². The van der Waals surface area contributed by atoms with Crippen molar-refractivity contribution in [2.24, 2.45) is 0 Å². The quantitative estimate of drug-likeness (QED) is 0.574. The highest BCUT2D eigenvalue weighted by Gasteiger charge is 2.10. The molecule has 0 unspecified atom stereocenters. The number of hydrogen-bond donors (Lipinski definition) is 0. The molecule has 4 heterocycles. The maximum atomic E-state index is 12.4. The first-order valence-corrected chi connectivity index (χ1v) is 6.98. The monoisotopic (exact) mass is 305 g/mol. The van der Waals surface area contributed by atoms with Gasteiger partial charge in [-0.25, -0.2) is 9.97 Å². The fourth-order valence-corrected chi connectivity index (χ4v) is 2.30. The number of nitrogens with zero attached hydrogens (tertiary/aromatic N) is 5. The SMILES string of the molecule is O=c1c2cccnc2ncn1Cc1cc(-c2ccccn2)no1. The summed E-state index contributed by atoms with van der Waals surface area (Å²) in [5.74, 6) is 0.554. The Kier molecular flexibility index (Phi) is 3.16. The van der Waals surface area contributed by atoms with Crippen LogP contribution in [-0.2, 0) is 6.54 Å². The standard InChI is InChI=1S/C16H11N5O2/c22-16-12-4-3-7-18-15(12)19-10-21(16)9-11-8-14(20-23-11)13-5-1-2-6-17-13/h1-8,10H,9H2. The molecule has 0 bridgehead atoms. The van der Waals surface area contributed by atoms with E-state index < -0.39 is 0 Å². The highest BCUT2D eigenvalue weighted by Crippen LogP contribution is 2.16. The normalized spacial score (nSPS) is 11.0. The van der Waals surface area contributed by atoms with Gasteiger partial charge in [-0.1, -0.05) is 11.2 Å². The van der Waals surface area contributed by atoms with Crippen LogP contribution in [0.3, 0.4) is 0 Å². The molecule has 0 N–H and O–H groups in total. The molecule has 0 radical (unpaired) electrons. The number of pyridine rings is 2. The van der Waals surface area contributed by atoms with E-state index >= 15 is 0 Å². The summed E-state index contributed by atoms with van der Waals surface area (Å²) >= 11 is 0. The smallest absolute Gasteiger partial charge is 0.263 e. The van der Waals surface area contributed by atoms with Crippen molar-refractivity contribution in [3.63, 3.8) is 0 Å². The van der Waals surface area contributed by atoms with Crippen LogP contribution in [0.2, 0.25) is 0 Å². The van der Waals surface area contributed by atoms with E-state index in [0.29, 0.717) is 22.5 Å². The molecule has 23 heavy (non-hydrogen) atoms. The highest BCUT2D eigenvalue weighted by atomic mass is 16.5. The van der Waals surface area contributed by atoms with E-state index in [1.807, 2.05) is 18.2 Å². The first-order chi connectivity index (χ1) is 11.3. The van der Waals surface area contributed by atoms with Gasteiger partial charge in [-0.3, -0.25) is 14.3 Å². The zero-order valence-electron chi connectivity index (χ0n) is 12.0. The lowest BCUT2D eigenvalue weighted by atomic mass is 10.2. The lowest BCUT2D eigenvalue weighted by Gasteiger charge is -2.03. The molecule has 0 aromatic carbocycles. The van der Waals surface area contributed by atoms with Crippen LogP contribution in [0.5, 0.6) is 0 Å². The fraction of sp³-hybridized carbons (Fsp3) is 0.0625. The summed E-state index contributed by atoms with van der Waals surface area (Å²) in [7, 11) is 0. The van der Waals surface area contributed by atoms with Gasteiger partial charge in [-0.15, -0.1) is 0 Å². The molecule has 0 amide bonds. The van der Waals surface area contributed by atoms with Gasteiger partial charge in [0.05, 0.1) is 17.6 Å². The van der Waals surface area contributed by atoms with Crippen molar-refractivity contribution < 1.29 is 4.52 Å². The second-order valence-electron chi connectivity index (χ2n) is 4.95. The van der Waals surface area contributed by atoms with Crippen LogP contribution in [0, 0.1) is 0 Å². The van der Waals surface area contributed by atoms with Gasteiger partial charge in [0.25, 0.3) is 5.56 Å². The lowest BCUT2D eigenvalue weighted by Crippen LogP contribution is -2.21. The summed E-state index contributed by atoms with van der Waals surface area (Å²) in [6, 6.07) is 10.7. The molecule has 0 aliphatic rings. The molecule has 0 fully saturated rings. The van der Waals surface area contributed by atoms with Crippen molar-refractivity contribution in [2.75, 3.05) is 0 Å². The zero-order chi connectivity index (χ0) is 15.6. The largest absolute Gasteiger partial charge is 0.359 e. The Balaban J connectivity index is 1.68. The van der Waals surface area contributed by atoms with Gasteiger partial charge in [0, 0.05) is 18.5 Å². The lowest BCUT2D eigenvalue weighted by molar-refractivity contribution is 0.376. The molecule has 4 aromatic rings. The molecule has 0 aliphatic carbocycles. The van der Waals surface area contributed by atoms with E-state index in [-0.39, 0.29) is 12.1 Å². The molecular formula is C16H11N5O2. The summed E-state index contributed by atoms with van der Waals surface area (Å²) in [4.78, 5) is 24.9. The summed E-state index contributed by atoms with van der Waals surface area (Å²) in [6.45, 7) is 0.247. The molecule has 7 heteroatoms. The number of aromatic nitrogens is 5. The van der Waals surface area contributed by atoms with Crippen molar-refractivity contribution in [1.82, 2.24) is 24.7 Å². The summed E-state index contributed by atoms with van der Waals surface area (Å²) in [6.07, 6.45) is 4.75. The van der Waals surface area contributed by atoms with E-state index in [2.05, 4.69) is 20.1 Å². The van der Waals surface area contributed by atoms with Crippen LogP contribution < -0.4 is 5.56 Å². The van der Waals surface area contributed by atoms with Gasteiger partial charge in [-0.05, 0) is 24.3 Å². The summed E-state index contributed by atoms with van der Waals surface area (Å²) in [5, 5.41) is 4.46. The van der Waals surface area contributed by atoms with E-state index in [9.17, 15) is 4.79 Å². The predicted octanol–water partition coefficient (Wildman–Crippen LogP) is 1.89. The minimum absolute atomic E-state index is 0.168. The van der Waals surface area contributed by atoms with E-state index in [1.165, 1.54) is 10.9 Å². The third-order valence-corrected chi connectivity index (χ3v) is 3.41. The van der Waals surface area contributed by atoms with Crippen molar-refractivity contribution in [1.29, 1.82) is 0 Å². The summed E-state index contributed by atoms with van der Waals surface area (Å²) in [5.41, 5.74) is 1.61. The van der Waals surface area contributed by atoms with Crippen LogP contribution in [-0.4, -0.2) is 24.7 Å². The third-order valence-electron chi connectivity index (χ3n) is 3.41. The molecule has 112 valence electrons. The Morgan fingerprint density at radius 3 is 2.78 bits per heavy atom. The molecule has 0 saturated carbocycles. The molecular weight excluding hydrogens is 294 g/mol. The Bertz CT molecular complexity index is 1020. The molecule has 4 aromatic heterocycles. The minimum Gasteiger partial charge on any atom is -0.359 e. The van der Waals surface area contributed by atoms with Crippen molar-refractivity contribution >= 4 is 11.0 Å². The predicted molar refractivity (Wildman–Crippen MR) is 82.6 cm³/mol. The topological polar surface area (TPSA) is 86.7 Å². The van der Waals surface area contributed by atoms with Crippen LogP contribution in [0.25, 0.3) is 22.4 Å². The van der Waals surface area contributed by atoms with Gasteiger partial charge < -0.3 is 4.52 Å². The number of hydrogen-bond acceptors (Lipinski definition) is 6. The second kappa shape index (κ2) is 5.45. The fourth-order valence-electron chi connectivity index (χ4n) is 2.30. The van der Waals surface area contributed by atoms with Gasteiger partial charge in [0.2, 0.25) is 0 Å². The molecule has 7 nitrogen and oxygen atoms in total. The average Bonchev–Trinajstić information content (AvgIpc) is 3.07. The Hall–Kier alpha value is -3.35. The van der Waals surface area contributed by atoms with Crippen LogP contribution in [0.15, 0.2) is 64.4 Å². The van der Waals surface area contributed by atoms with Crippen LogP contribution in [0.4, 0.5) is 0 Å². The molecule has 0 saturated heterocycles. The van der Waals surface area contributed by atoms with Crippen molar-refractivity contribution in [2.45, 2.75) is 6.54 Å². The second-order valence-corrected chi connectivity index (χ2v) is 4.95. The third kappa shape index (κ3) is 2.48. The van der Waals surface area contributed by atoms with Gasteiger partial charge >= 0.3 is 0 Å². The first kappa shape index (κ1) is 13.3. The van der Waals surface area contributed by atoms with Gasteiger partial charge in [0.15, 0.2) is 11.4 Å². The average molecular weight is 305 g/mol. The molecule has 0 spiro atoms. The van der Waals surface area contributed by atoms with Crippen molar-refractivity contribution in [3.05, 3.63) is 71.2 Å². The number of fused-ring (bicyclic) bond motifs is 1. The van der Waals surface area contributed by atoms with E-state index in [0.717, 1.165) is 5.69 Å². The minimum atomic E-state index is -0.168. The first-order valence-electron chi connectivity index (χ1n) is 6.98. The van der Waals surface area contributed by atoms with Gasteiger partial charge in [-0.2, -0.15) is 0 Å². The Labute approximate surface area is 130 Å². The maximum absolute atomic E-state index is 12.4. The Morgan fingerprint density at radius 2 is 1.91 bits per heavy atom. The Morgan fingerprint density at radius 1 is 1.00 bits per heavy atom. The van der Waals surface area contributed by atoms with Crippen LogP contribution >= 0.6 is 0 Å². The number of rotatable bonds is 3. The summed E-state index contributed by atoms with van der Waals surface area (Å²) < 4.78 is 6.76. The highest BCUT2D eigenvalue weighted by molar-refractivity contribution is 5.72. The van der Waals surface area contributed by atoms with Crippen LogP contribution in [0.1, 0.15) is 5.76 Å². The zero-order valence-corrected chi connectivity index (χ0v) is 12.0. The molecule has 0 aliphatic heterocycles. The van der Waals surface area contributed by atoms with E-state index in [4.69, 9.17) is 4.52 Å². The van der Waals surface area contributed by atoms with Crippen molar-refractivity contribution in [3.8, 4) is 11.4 Å². The van der Waals surface area contributed by atoms with Gasteiger partial charge in [0.1, 0.15) is 12.0 Å².